The van der Waals surface area contributed by atoms with Crippen molar-refractivity contribution in [2.24, 2.45) is 0 Å². The van der Waals surface area contributed by atoms with E-state index in [1.165, 1.54) is 23.1 Å². The molecule has 0 atom stereocenters. The standard InChI is InChI=1S/C15H17N7O2/c1-2-14-16-5-7-21(14)8-6-17-15(24)12-9-11(3-4-13(12)23)22-10-18-19-20-22/h3-5,7,9-10,23H,2,6,8H2,1H3,(H,17,24). The molecule has 0 bridgehead atoms. The van der Waals surface area contributed by atoms with Crippen LogP contribution in [0, 0.1) is 0 Å². The van der Waals surface area contributed by atoms with Gasteiger partial charge in [0.1, 0.15) is 17.9 Å². The van der Waals surface area contributed by atoms with Gasteiger partial charge in [-0.2, -0.15) is 0 Å². The van der Waals surface area contributed by atoms with Crippen molar-refractivity contribution in [3.05, 3.63) is 48.3 Å². The van der Waals surface area contributed by atoms with Crippen LogP contribution in [0.15, 0.2) is 36.9 Å². The molecule has 0 unspecified atom stereocenters. The second-order valence-corrected chi connectivity index (χ2v) is 5.10. The van der Waals surface area contributed by atoms with E-state index in [4.69, 9.17) is 0 Å². The first kappa shape index (κ1) is 15.7. The van der Waals surface area contributed by atoms with Gasteiger partial charge in [0.05, 0.1) is 11.3 Å². The number of imidazole rings is 1. The minimum absolute atomic E-state index is 0.0961. The maximum atomic E-state index is 12.3. The third-order valence-corrected chi connectivity index (χ3v) is 3.59. The number of nitrogens with zero attached hydrogens (tertiary/aromatic N) is 6. The molecule has 0 spiro atoms. The van der Waals surface area contributed by atoms with E-state index in [9.17, 15) is 9.90 Å². The molecule has 124 valence electrons. The van der Waals surface area contributed by atoms with Gasteiger partial charge in [-0.25, -0.2) is 9.67 Å². The summed E-state index contributed by atoms with van der Waals surface area (Å²) in [5, 5.41) is 23.6. The quantitative estimate of drug-likeness (QED) is 0.684. The predicted octanol–water partition coefficient (Wildman–Crippen LogP) is 0.557. The Labute approximate surface area is 137 Å². The number of hydrogen-bond donors (Lipinski definition) is 2. The average molecular weight is 327 g/mol. The van der Waals surface area contributed by atoms with Crippen LogP contribution in [0.3, 0.4) is 0 Å². The number of aromatic nitrogens is 6. The molecule has 0 saturated heterocycles. The zero-order valence-corrected chi connectivity index (χ0v) is 13.1. The largest absolute Gasteiger partial charge is 0.507 e. The van der Waals surface area contributed by atoms with Crippen molar-refractivity contribution in [3.63, 3.8) is 0 Å². The molecule has 3 aromatic rings. The molecule has 2 heterocycles. The number of carbonyl (C=O) groups excluding carboxylic acids is 1. The van der Waals surface area contributed by atoms with E-state index in [0.717, 1.165) is 12.2 Å². The molecule has 0 aliphatic heterocycles. The van der Waals surface area contributed by atoms with Crippen molar-refractivity contribution in [3.8, 4) is 11.4 Å². The molecule has 0 saturated carbocycles. The van der Waals surface area contributed by atoms with Crippen LogP contribution in [0.4, 0.5) is 0 Å². The van der Waals surface area contributed by atoms with Crippen molar-refractivity contribution in [1.29, 1.82) is 0 Å². The maximum Gasteiger partial charge on any atom is 0.255 e. The average Bonchev–Trinajstić information content (AvgIpc) is 3.26. The third-order valence-electron chi connectivity index (χ3n) is 3.59. The van der Waals surface area contributed by atoms with Crippen molar-refractivity contribution in [1.82, 2.24) is 35.1 Å². The lowest BCUT2D eigenvalue weighted by Gasteiger charge is -2.10. The molecule has 9 heteroatoms. The summed E-state index contributed by atoms with van der Waals surface area (Å²) in [6, 6.07) is 4.61. The summed E-state index contributed by atoms with van der Waals surface area (Å²) in [5.74, 6) is 0.509. The van der Waals surface area contributed by atoms with Crippen LogP contribution in [-0.4, -0.2) is 47.3 Å². The highest BCUT2D eigenvalue weighted by Gasteiger charge is 2.13. The number of carbonyl (C=O) groups is 1. The van der Waals surface area contributed by atoms with Gasteiger partial charge in [-0.05, 0) is 28.6 Å². The summed E-state index contributed by atoms with van der Waals surface area (Å²) in [6.07, 6.45) is 5.86. The maximum absolute atomic E-state index is 12.3. The minimum atomic E-state index is -0.361. The number of aromatic hydroxyl groups is 1. The van der Waals surface area contributed by atoms with Gasteiger partial charge < -0.3 is 15.0 Å². The molecule has 1 aromatic carbocycles. The van der Waals surface area contributed by atoms with Gasteiger partial charge in [-0.3, -0.25) is 4.79 Å². The number of benzene rings is 1. The lowest BCUT2D eigenvalue weighted by Crippen LogP contribution is -2.27. The van der Waals surface area contributed by atoms with Gasteiger partial charge in [0, 0.05) is 31.9 Å². The third kappa shape index (κ3) is 3.24. The number of phenolic OH excluding ortho intramolecular Hbond substituents is 1. The van der Waals surface area contributed by atoms with Crippen LogP contribution in [0.2, 0.25) is 0 Å². The molecule has 0 aliphatic carbocycles. The molecule has 9 nitrogen and oxygen atoms in total. The highest BCUT2D eigenvalue weighted by molar-refractivity contribution is 5.97. The molecule has 1 amide bonds. The number of tetrazole rings is 1. The smallest absolute Gasteiger partial charge is 0.255 e. The molecular formula is C15H17N7O2. The monoisotopic (exact) mass is 327 g/mol. The van der Waals surface area contributed by atoms with Crippen molar-refractivity contribution < 1.29 is 9.90 Å². The zero-order valence-electron chi connectivity index (χ0n) is 13.1. The summed E-state index contributed by atoms with van der Waals surface area (Å²) in [5.41, 5.74) is 0.759. The first-order valence-corrected chi connectivity index (χ1v) is 7.53. The van der Waals surface area contributed by atoms with Gasteiger partial charge in [-0.1, -0.05) is 6.92 Å². The molecule has 3 rings (SSSR count). The summed E-state index contributed by atoms with van der Waals surface area (Å²) in [4.78, 5) is 16.5. The first-order valence-electron chi connectivity index (χ1n) is 7.53. The second kappa shape index (κ2) is 6.90. The predicted molar refractivity (Wildman–Crippen MR) is 84.8 cm³/mol. The van der Waals surface area contributed by atoms with E-state index in [1.54, 1.807) is 12.3 Å². The normalized spacial score (nSPS) is 10.7. The van der Waals surface area contributed by atoms with Crippen LogP contribution >= 0.6 is 0 Å². The first-order chi connectivity index (χ1) is 11.7. The fourth-order valence-corrected chi connectivity index (χ4v) is 2.37. The molecule has 2 N–H and O–H groups in total. The number of rotatable bonds is 6. The summed E-state index contributed by atoms with van der Waals surface area (Å²) in [7, 11) is 0. The Bertz CT molecular complexity index is 826. The topological polar surface area (TPSA) is 111 Å². The van der Waals surface area contributed by atoms with Crippen LogP contribution in [-0.2, 0) is 13.0 Å². The Balaban J connectivity index is 1.67. The Kier molecular flexibility index (Phi) is 4.50. The zero-order chi connectivity index (χ0) is 16.9. The van der Waals surface area contributed by atoms with Gasteiger partial charge in [0.2, 0.25) is 0 Å². The highest BCUT2D eigenvalue weighted by atomic mass is 16.3. The van der Waals surface area contributed by atoms with Crippen molar-refractivity contribution in [2.45, 2.75) is 19.9 Å². The van der Waals surface area contributed by atoms with E-state index in [-0.39, 0.29) is 17.2 Å². The van der Waals surface area contributed by atoms with Crippen molar-refractivity contribution >= 4 is 5.91 Å². The fourth-order valence-electron chi connectivity index (χ4n) is 2.37. The molecule has 24 heavy (non-hydrogen) atoms. The molecule has 0 fully saturated rings. The Morgan fingerprint density at radius 1 is 1.38 bits per heavy atom. The molecule has 0 radical (unpaired) electrons. The summed E-state index contributed by atoms with van der Waals surface area (Å²) in [6.45, 7) is 3.07. The minimum Gasteiger partial charge on any atom is -0.507 e. The van der Waals surface area contributed by atoms with E-state index in [1.807, 2.05) is 17.7 Å². The van der Waals surface area contributed by atoms with E-state index >= 15 is 0 Å². The van der Waals surface area contributed by atoms with Gasteiger partial charge in [0.25, 0.3) is 5.91 Å². The van der Waals surface area contributed by atoms with Gasteiger partial charge in [-0.15, -0.1) is 5.10 Å². The van der Waals surface area contributed by atoms with Crippen LogP contribution in [0.5, 0.6) is 5.75 Å². The number of nitrogens with one attached hydrogen (secondary N) is 1. The number of aryl methyl sites for hydroxylation is 1. The Morgan fingerprint density at radius 2 is 2.25 bits per heavy atom. The van der Waals surface area contributed by atoms with Crippen LogP contribution < -0.4 is 5.32 Å². The van der Waals surface area contributed by atoms with Crippen LogP contribution in [0.1, 0.15) is 23.1 Å². The molecule has 0 aliphatic rings. The SMILES string of the molecule is CCc1nccn1CCNC(=O)c1cc(-n2cnnn2)ccc1O. The van der Waals surface area contributed by atoms with Crippen molar-refractivity contribution in [2.75, 3.05) is 6.54 Å². The summed E-state index contributed by atoms with van der Waals surface area (Å²) < 4.78 is 3.40. The fraction of sp³-hybridized carbons (Fsp3) is 0.267. The van der Waals surface area contributed by atoms with Crippen LogP contribution in [0.25, 0.3) is 5.69 Å². The van der Waals surface area contributed by atoms with E-state index < -0.39 is 0 Å². The Morgan fingerprint density at radius 3 is 3.00 bits per heavy atom. The second-order valence-electron chi connectivity index (χ2n) is 5.10. The Hall–Kier alpha value is -3.23. The molecular weight excluding hydrogens is 310 g/mol. The lowest BCUT2D eigenvalue weighted by molar-refractivity contribution is 0.0949. The van der Waals surface area contributed by atoms with E-state index in [0.29, 0.717) is 18.8 Å². The van der Waals surface area contributed by atoms with E-state index in [2.05, 4.69) is 25.8 Å². The number of phenols is 1. The molecule has 2 aromatic heterocycles. The van der Waals surface area contributed by atoms with Gasteiger partial charge >= 0.3 is 0 Å². The summed E-state index contributed by atoms with van der Waals surface area (Å²) >= 11 is 0. The lowest BCUT2D eigenvalue weighted by atomic mass is 10.1. The van der Waals surface area contributed by atoms with Gasteiger partial charge in [0.15, 0.2) is 0 Å². The number of hydrogen-bond acceptors (Lipinski definition) is 6. The highest BCUT2D eigenvalue weighted by Crippen LogP contribution is 2.20. The number of amides is 1.